The maximum absolute atomic E-state index is 12.6. The van der Waals surface area contributed by atoms with E-state index in [1.807, 2.05) is 0 Å². The minimum Gasteiger partial charge on any atom is -0.493 e. The molecule has 2 rings (SSSR count). The number of rotatable bonds is 4. The number of methoxy groups -OCH3 is 2. The van der Waals surface area contributed by atoms with Crippen LogP contribution in [0.1, 0.15) is 15.9 Å². The number of carbonyl (C=O) groups excluding carboxylic acids is 1. The lowest BCUT2D eigenvalue weighted by molar-refractivity contribution is 0.103. The van der Waals surface area contributed by atoms with Gasteiger partial charge in [-0.3, -0.25) is 4.79 Å². The summed E-state index contributed by atoms with van der Waals surface area (Å²) in [5.74, 6) is 0.998. The van der Waals surface area contributed by atoms with Gasteiger partial charge in [-0.25, -0.2) is 0 Å². The molecule has 3 nitrogen and oxygen atoms in total. The molecule has 0 aliphatic heterocycles. The van der Waals surface area contributed by atoms with E-state index in [0.717, 1.165) is 7.57 Å². The van der Waals surface area contributed by atoms with Crippen molar-refractivity contribution in [3.8, 4) is 11.5 Å². The van der Waals surface area contributed by atoms with E-state index in [1.165, 1.54) is 18.4 Å². The van der Waals surface area contributed by atoms with Gasteiger partial charge in [0.05, 0.1) is 21.8 Å². The molecule has 0 radical (unpaired) electrons. The zero-order valence-electron chi connectivity index (χ0n) is 10.5. The topological polar surface area (TPSA) is 35.5 Å². The van der Waals surface area contributed by atoms with Gasteiger partial charge in [0.2, 0.25) is 0 Å². The van der Waals surface area contributed by atoms with Crippen molar-refractivity contribution in [2.24, 2.45) is 0 Å². The third kappa shape index (κ3) is 3.10. The molecule has 0 saturated carbocycles. The Morgan fingerprint density at radius 1 is 1.00 bits per heavy atom. The first-order valence-corrected chi connectivity index (χ1v) is 8.58. The number of halogens is 3. The highest BCUT2D eigenvalue weighted by Crippen LogP contribution is 2.37. The highest BCUT2D eigenvalue weighted by molar-refractivity contribution is 9.12. The van der Waals surface area contributed by atoms with Crippen LogP contribution >= 0.6 is 59.1 Å². The molecule has 0 saturated heterocycles. The van der Waals surface area contributed by atoms with Crippen LogP contribution in [-0.2, 0) is 0 Å². The zero-order valence-corrected chi connectivity index (χ0v) is 16.1. The zero-order chi connectivity index (χ0) is 14.9. The quantitative estimate of drug-likeness (QED) is 0.554. The number of hydrogen-bond donors (Lipinski definition) is 0. The Kier molecular flexibility index (Phi) is 5.28. The SMILES string of the molecule is COc1cc(Br)c(C(=O)c2cc(Br)sc2Br)cc1OC. The number of ketones is 1. The van der Waals surface area contributed by atoms with Gasteiger partial charge in [0, 0.05) is 15.6 Å². The highest BCUT2D eigenvalue weighted by atomic mass is 79.9. The summed E-state index contributed by atoms with van der Waals surface area (Å²) in [7, 11) is 3.09. The summed E-state index contributed by atoms with van der Waals surface area (Å²) in [5, 5.41) is 0. The van der Waals surface area contributed by atoms with Crippen molar-refractivity contribution in [3.63, 3.8) is 0 Å². The minimum absolute atomic E-state index is 0.0911. The van der Waals surface area contributed by atoms with Gasteiger partial charge in [0.1, 0.15) is 0 Å². The van der Waals surface area contributed by atoms with Crippen LogP contribution in [0.2, 0.25) is 0 Å². The summed E-state index contributed by atoms with van der Waals surface area (Å²) in [6, 6.07) is 5.19. The fourth-order valence-electron chi connectivity index (χ4n) is 1.67. The van der Waals surface area contributed by atoms with Gasteiger partial charge in [0.15, 0.2) is 17.3 Å². The molecule has 0 atom stereocenters. The van der Waals surface area contributed by atoms with E-state index in [2.05, 4.69) is 47.8 Å². The van der Waals surface area contributed by atoms with E-state index >= 15 is 0 Å². The maximum atomic E-state index is 12.6. The molecule has 0 unspecified atom stereocenters. The third-order valence-corrected chi connectivity index (χ3v) is 5.61. The summed E-state index contributed by atoms with van der Waals surface area (Å²) in [5.41, 5.74) is 1.13. The van der Waals surface area contributed by atoms with E-state index in [-0.39, 0.29) is 5.78 Å². The Labute approximate surface area is 145 Å². The van der Waals surface area contributed by atoms with Crippen LogP contribution in [0.3, 0.4) is 0 Å². The van der Waals surface area contributed by atoms with Crippen LogP contribution in [0.15, 0.2) is 30.2 Å². The summed E-state index contributed by atoms with van der Waals surface area (Å²) in [4.78, 5) is 12.6. The average molecular weight is 485 g/mol. The van der Waals surface area contributed by atoms with Gasteiger partial charge in [-0.1, -0.05) is 0 Å². The molecule has 0 amide bonds. The molecule has 0 aliphatic rings. The van der Waals surface area contributed by atoms with Crippen molar-refractivity contribution in [3.05, 3.63) is 41.4 Å². The van der Waals surface area contributed by atoms with Gasteiger partial charge in [-0.2, -0.15) is 0 Å². The van der Waals surface area contributed by atoms with Crippen molar-refractivity contribution in [1.29, 1.82) is 0 Å². The summed E-state index contributed by atoms with van der Waals surface area (Å²) < 4.78 is 12.8. The third-order valence-electron chi connectivity index (χ3n) is 2.62. The van der Waals surface area contributed by atoms with Crippen molar-refractivity contribution in [2.75, 3.05) is 14.2 Å². The van der Waals surface area contributed by atoms with E-state index in [4.69, 9.17) is 9.47 Å². The number of thiophene rings is 1. The van der Waals surface area contributed by atoms with Crippen LogP contribution in [0.25, 0.3) is 0 Å². The van der Waals surface area contributed by atoms with E-state index < -0.39 is 0 Å². The molecular weight excluding hydrogens is 476 g/mol. The average Bonchev–Trinajstić information content (AvgIpc) is 2.76. The second-order valence-corrected chi connectivity index (χ2v) is 8.36. The molecule has 2 aromatic rings. The first-order valence-electron chi connectivity index (χ1n) is 5.39. The molecule has 0 N–H and O–H groups in total. The Morgan fingerprint density at radius 3 is 2.10 bits per heavy atom. The second kappa shape index (κ2) is 6.60. The van der Waals surface area contributed by atoms with Crippen LogP contribution in [0, 0.1) is 0 Å². The van der Waals surface area contributed by atoms with Crippen LogP contribution in [0.5, 0.6) is 11.5 Å². The summed E-state index contributed by atoms with van der Waals surface area (Å²) in [6.45, 7) is 0. The minimum atomic E-state index is -0.0911. The lowest BCUT2D eigenvalue weighted by atomic mass is 10.1. The highest BCUT2D eigenvalue weighted by Gasteiger charge is 2.20. The first kappa shape index (κ1) is 16.0. The van der Waals surface area contributed by atoms with Gasteiger partial charge < -0.3 is 9.47 Å². The fraction of sp³-hybridized carbons (Fsp3) is 0.154. The molecule has 7 heteroatoms. The fourth-order valence-corrected chi connectivity index (χ4v) is 4.96. The molecule has 0 aliphatic carbocycles. The Hall–Kier alpha value is -0.370. The predicted octanol–water partition coefficient (Wildman–Crippen LogP) is 5.28. The predicted molar refractivity (Wildman–Crippen MR) is 90.4 cm³/mol. The van der Waals surface area contributed by atoms with Gasteiger partial charge in [-0.05, 0) is 66.0 Å². The second-order valence-electron chi connectivity index (χ2n) is 3.75. The lowest BCUT2D eigenvalue weighted by Gasteiger charge is -2.11. The molecule has 20 heavy (non-hydrogen) atoms. The van der Waals surface area contributed by atoms with Crippen molar-refractivity contribution < 1.29 is 14.3 Å². The van der Waals surface area contributed by atoms with Crippen molar-refractivity contribution in [2.45, 2.75) is 0 Å². The monoisotopic (exact) mass is 482 g/mol. The Bertz CT molecular complexity index is 667. The standard InChI is InChI=1S/C13H9Br3O3S/c1-18-9-3-6(8(14)5-10(9)19-2)12(17)7-4-11(15)20-13(7)16/h3-5H,1-2H3. The van der Waals surface area contributed by atoms with Crippen molar-refractivity contribution in [1.82, 2.24) is 0 Å². The Morgan fingerprint density at radius 2 is 1.60 bits per heavy atom. The molecule has 1 aromatic carbocycles. The molecular formula is C13H9Br3O3S. The smallest absolute Gasteiger partial charge is 0.196 e. The van der Waals surface area contributed by atoms with Gasteiger partial charge in [-0.15, -0.1) is 11.3 Å². The molecule has 106 valence electrons. The van der Waals surface area contributed by atoms with Crippen LogP contribution in [-0.4, -0.2) is 20.0 Å². The van der Waals surface area contributed by atoms with Gasteiger partial charge >= 0.3 is 0 Å². The van der Waals surface area contributed by atoms with E-state index in [0.29, 0.717) is 27.1 Å². The molecule has 0 fully saturated rings. The molecule has 0 spiro atoms. The number of hydrogen-bond acceptors (Lipinski definition) is 4. The number of benzene rings is 1. The normalized spacial score (nSPS) is 10.4. The summed E-state index contributed by atoms with van der Waals surface area (Å²) in [6.07, 6.45) is 0. The molecule has 1 aromatic heterocycles. The van der Waals surface area contributed by atoms with Crippen LogP contribution in [0.4, 0.5) is 0 Å². The Balaban J connectivity index is 2.52. The van der Waals surface area contributed by atoms with Crippen molar-refractivity contribution >= 4 is 64.9 Å². The molecule has 0 bridgehead atoms. The maximum Gasteiger partial charge on any atom is 0.196 e. The van der Waals surface area contributed by atoms with Crippen LogP contribution < -0.4 is 9.47 Å². The lowest BCUT2D eigenvalue weighted by Crippen LogP contribution is -2.03. The first-order chi connectivity index (χ1) is 9.47. The van der Waals surface area contributed by atoms with E-state index in [1.54, 1.807) is 25.3 Å². The van der Waals surface area contributed by atoms with Gasteiger partial charge in [0.25, 0.3) is 0 Å². The summed E-state index contributed by atoms with van der Waals surface area (Å²) >= 11 is 11.6. The largest absolute Gasteiger partial charge is 0.493 e. The number of carbonyl (C=O) groups is 1. The molecule has 1 heterocycles. The van der Waals surface area contributed by atoms with E-state index in [9.17, 15) is 4.79 Å². The number of ether oxygens (including phenoxy) is 2.